The van der Waals surface area contributed by atoms with Gasteiger partial charge < -0.3 is 9.80 Å². The van der Waals surface area contributed by atoms with E-state index in [0.29, 0.717) is 18.8 Å². The summed E-state index contributed by atoms with van der Waals surface area (Å²) in [5.41, 5.74) is 2.51. The smallest absolute Gasteiger partial charge is 0.274 e. The molecule has 0 saturated carbocycles. The number of thiazole rings is 1. The van der Waals surface area contributed by atoms with E-state index in [-0.39, 0.29) is 11.9 Å². The Labute approximate surface area is 167 Å². The molecule has 0 radical (unpaired) electrons. The predicted octanol–water partition coefficient (Wildman–Crippen LogP) is 4.00. The zero-order valence-electron chi connectivity index (χ0n) is 15.6. The lowest BCUT2D eigenvalue weighted by atomic mass is 10.2. The SMILES string of the molecule is Cc1cc(C(=O)N2CCN(c3nc4ccc(Cl)cc4s3)CC2)nn1C(C)C. The van der Waals surface area contributed by atoms with Gasteiger partial charge in [0.25, 0.3) is 5.91 Å². The van der Waals surface area contributed by atoms with Gasteiger partial charge in [0.05, 0.1) is 10.2 Å². The number of aromatic nitrogens is 3. The fourth-order valence-corrected chi connectivity index (χ4v) is 4.69. The van der Waals surface area contributed by atoms with Gasteiger partial charge in [-0.1, -0.05) is 22.9 Å². The van der Waals surface area contributed by atoms with Crippen LogP contribution in [0.4, 0.5) is 5.13 Å². The maximum absolute atomic E-state index is 12.8. The summed E-state index contributed by atoms with van der Waals surface area (Å²) in [6.45, 7) is 9.00. The Bertz CT molecular complexity index is 987. The minimum Gasteiger partial charge on any atom is -0.345 e. The molecule has 0 aliphatic carbocycles. The van der Waals surface area contributed by atoms with Gasteiger partial charge in [-0.15, -0.1) is 0 Å². The maximum atomic E-state index is 12.8. The Balaban J connectivity index is 1.45. The van der Waals surface area contributed by atoms with Crippen molar-refractivity contribution in [2.45, 2.75) is 26.8 Å². The predicted molar refractivity (Wildman–Crippen MR) is 110 cm³/mol. The maximum Gasteiger partial charge on any atom is 0.274 e. The molecule has 1 aromatic carbocycles. The minimum absolute atomic E-state index is 0.00762. The molecule has 6 nitrogen and oxygen atoms in total. The average Bonchev–Trinajstić information content (AvgIpc) is 3.24. The number of fused-ring (bicyclic) bond motifs is 1. The number of nitrogens with zero attached hydrogens (tertiary/aromatic N) is 5. The molecule has 0 N–H and O–H groups in total. The largest absolute Gasteiger partial charge is 0.345 e. The van der Waals surface area contributed by atoms with E-state index in [1.807, 2.05) is 40.8 Å². The summed E-state index contributed by atoms with van der Waals surface area (Å²) in [4.78, 5) is 21.6. The van der Waals surface area contributed by atoms with Gasteiger partial charge in [0.2, 0.25) is 0 Å². The van der Waals surface area contributed by atoms with Crippen LogP contribution in [0.15, 0.2) is 24.3 Å². The summed E-state index contributed by atoms with van der Waals surface area (Å²) >= 11 is 7.72. The van der Waals surface area contributed by atoms with Gasteiger partial charge in [-0.25, -0.2) is 4.98 Å². The Hall–Kier alpha value is -2.12. The normalized spacial score (nSPS) is 15.1. The van der Waals surface area contributed by atoms with Crippen molar-refractivity contribution in [1.82, 2.24) is 19.7 Å². The van der Waals surface area contributed by atoms with Crippen molar-refractivity contribution in [2.24, 2.45) is 0 Å². The van der Waals surface area contributed by atoms with Crippen molar-refractivity contribution in [1.29, 1.82) is 0 Å². The van der Waals surface area contributed by atoms with Gasteiger partial charge in [-0.3, -0.25) is 9.48 Å². The van der Waals surface area contributed by atoms with Gasteiger partial charge in [0, 0.05) is 42.9 Å². The Morgan fingerprint density at radius 2 is 1.93 bits per heavy atom. The van der Waals surface area contributed by atoms with Gasteiger partial charge in [-0.2, -0.15) is 5.10 Å². The van der Waals surface area contributed by atoms with Crippen LogP contribution >= 0.6 is 22.9 Å². The number of hydrogen-bond acceptors (Lipinski definition) is 5. The van der Waals surface area contributed by atoms with Gasteiger partial charge in [-0.05, 0) is 45.0 Å². The molecule has 1 aliphatic rings. The van der Waals surface area contributed by atoms with Crippen molar-refractivity contribution in [3.8, 4) is 0 Å². The van der Waals surface area contributed by atoms with Crippen LogP contribution in [0.2, 0.25) is 5.02 Å². The van der Waals surface area contributed by atoms with E-state index in [1.165, 1.54) is 0 Å². The van der Waals surface area contributed by atoms with E-state index in [0.717, 1.165) is 39.2 Å². The first-order valence-corrected chi connectivity index (χ1v) is 10.3. The lowest BCUT2D eigenvalue weighted by Crippen LogP contribution is -2.48. The van der Waals surface area contributed by atoms with Crippen molar-refractivity contribution >= 4 is 44.2 Å². The van der Waals surface area contributed by atoms with Crippen molar-refractivity contribution in [3.05, 3.63) is 40.7 Å². The molecule has 0 spiro atoms. The topological polar surface area (TPSA) is 54.3 Å². The minimum atomic E-state index is 0.00762. The Morgan fingerprint density at radius 3 is 2.59 bits per heavy atom. The number of benzene rings is 1. The highest BCUT2D eigenvalue weighted by atomic mass is 35.5. The zero-order valence-corrected chi connectivity index (χ0v) is 17.2. The van der Waals surface area contributed by atoms with E-state index in [4.69, 9.17) is 16.6 Å². The van der Waals surface area contributed by atoms with Crippen molar-refractivity contribution < 1.29 is 4.79 Å². The Kier molecular flexibility index (Phi) is 4.82. The average molecular weight is 404 g/mol. The van der Waals surface area contributed by atoms with E-state index in [9.17, 15) is 4.79 Å². The number of halogens is 1. The molecule has 8 heteroatoms. The van der Waals surface area contributed by atoms with E-state index >= 15 is 0 Å². The first-order chi connectivity index (χ1) is 12.9. The van der Waals surface area contributed by atoms with Crippen molar-refractivity contribution in [2.75, 3.05) is 31.1 Å². The number of aryl methyl sites for hydroxylation is 1. The van der Waals surface area contributed by atoms with Crippen LogP contribution in [-0.2, 0) is 0 Å². The lowest BCUT2D eigenvalue weighted by molar-refractivity contribution is 0.0739. The number of carbonyl (C=O) groups is 1. The quantitative estimate of drug-likeness (QED) is 0.663. The molecule has 1 fully saturated rings. The molecule has 1 amide bonds. The molecule has 4 rings (SSSR count). The van der Waals surface area contributed by atoms with Crippen LogP contribution in [0.3, 0.4) is 0 Å². The molecular formula is C19H22ClN5OS. The van der Waals surface area contributed by atoms with Crippen LogP contribution in [0.5, 0.6) is 0 Å². The second-order valence-electron chi connectivity index (χ2n) is 7.10. The zero-order chi connectivity index (χ0) is 19.1. The molecule has 0 unspecified atom stereocenters. The number of rotatable bonds is 3. The monoisotopic (exact) mass is 403 g/mol. The molecule has 142 valence electrons. The van der Waals surface area contributed by atoms with Crippen LogP contribution in [0.25, 0.3) is 10.2 Å². The van der Waals surface area contributed by atoms with E-state index in [1.54, 1.807) is 11.3 Å². The number of amides is 1. The molecule has 27 heavy (non-hydrogen) atoms. The summed E-state index contributed by atoms with van der Waals surface area (Å²) in [6.07, 6.45) is 0. The lowest BCUT2D eigenvalue weighted by Gasteiger charge is -2.34. The highest BCUT2D eigenvalue weighted by molar-refractivity contribution is 7.22. The van der Waals surface area contributed by atoms with E-state index in [2.05, 4.69) is 23.8 Å². The molecule has 3 heterocycles. The molecule has 1 aliphatic heterocycles. The fourth-order valence-electron chi connectivity index (χ4n) is 3.40. The molecule has 2 aromatic heterocycles. The molecule has 0 atom stereocenters. The number of hydrogen-bond donors (Lipinski definition) is 0. The number of piperazine rings is 1. The second-order valence-corrected chi connectivity index (χ2v) is 8.54. The second kappa shape index (κ2) is 7.13. The molecule has 1 saturated heterocycles. The first-order valence-electron chi connectivity index (χ1n) is 9.09. The van der Waals surface area contributed by atoms with Crippen molar-refractivity contribution in [3.63, 3.8) is 0 Å². The highest BCUT2D eigenvalue weighted by Crippen LogP contribution is 2.31. The van der Waals surface area contributed by atoms with Crippen LogP contribution in [0, 0.1) is 6.92 Å². The van der Waals surface area contributed by atoms with Gasteiger partial charge in [0.15, 0.2) is 10.8 Å². The molecule has 0 bridgehead atoms. The van der Waals surface area contributed by atoms with Crippen LogP contribution in [-0.4, -0.2) is 51.8 Å². The number of carbonyl (C=O) groups excluding carboxylic acids is 1. The van der Waals surface area contributed by atoms with Gasteiger partial charge in [0.1, 0.15) is 0 Å². The fraction of sp³-hybridized carbons (Fsp3) is 0.421. The summed E-state index contributed by atoms with van der Waals surface area (Å²) in [5, 5.41) is 6.20. The Morgan fingerprint density at radius 1 is 1.19 bits per heavy atom. The third-order valence-corrected chi connectivity index (χ3v) is 6.12. The summed E-state index contributed by atoms with van der Waals surface area (Å²) in [7, 11) is 0. The summed E-state index contributed by atoms with van der Waals surface area (Å²) < 4.78 is 2.99. The highest BCUT2D eigenvalue weighted by Gasteiger charge is 2.26. The van der Waals surface area contributed by atoms with Gasteiger partial charge >= 0.3 is 0 Å². The molecular weight excluding hydrogens is 382 g/mol. The third kappa shape index (κ3) is 3.53. The molecule has 3 aromatic rings. The van der Waals surface area contributed by atoms with Crippen LogP contribution in [0.1, 0.15) is 36.1 Å². The number of anilines is 1. The van der Waals surface area contributed by atoms with E-state index < -0.39 is 0 Å². The third-order valence-electron chi connectivity index (χ3n) is 4.81. The van der Waals surface area contributed by atoms with Crippen LogP contribution < -0.4 is 4.90 Å². The first kappa shape index (κ1) is 18.3. The summed E-state index contributed by atoms with van der Waals surface area (Å²) in [6, 6.07) is 7.89. The standard InChI is InChI=1S/C19H22ClN5OS/c1-12(2)25-13(3)10-16(22-25)18(26)23-6-8-24(9-7-23)19-21-15-5-4-14(20)11-17(15)27-19/h4-5,10-12H,6-9H2,1-3H3. The summed E-state index contributed by atoms with van der Waals surface area (Å²) in [5.74, 6) is 0.00762.